The molecule has 1 saturated heterocycles. The first-order chi connectivity index (χ1) is 14.5. The van der Waals surface area contributed by atoms with Gasteiger partial charge in [-0.05, 0) is 31.0 Å². The predicted molar refractivity (Wildman–Crippen MR) is 112 cm³/mol. The van der Waals surface area contributed by atoms with Gasteiger partial charge < -0.3 is 14.5 Å². The van der Waals surface area contributed by atoms with E-state index in [2.05, 4.69) is 4.90 Å². The number of benzene rings is 2. The average molecular weight is 411 g/mol. The molecule has 0 aliphatic carbocycles. The minimum Gasteiger partial charge on any atom is -0.444 e. The highest BCUT2D eigenvalue weighted by Gasteiger charge is 2.34. The molecule has 2 aromatic rings. The van der Waals surface area contributed by atoms with E-state index < -0.39 is 0 Å². The molecule has 0 saturated carbocycles. The zero-order valence-corrected chi connectivity index (χ0v) is 17.2. The lowest BCUT2D eigenvalue weighted by molar-refractivity contribution is -0.825. The third kappa shape index (κ3) is 3.71. The van der Waals surface area contributed by atoms with Crippen LogP contribution >= 0.6 is 0 Å². The van der Waals surface area contributed by atoms with Gasteiger partial charge in [-0.3, -0.25) is 9.69 Å². The zero-order valence-electron chi connectivity index (χ0n) is 17.2. The van der Waals surface area contributed by atoms with Gasteiger partial charge in [0.25, 0.3) is 5.91 Å². The molecule has 0 spiro atoms. The first-order valence-electron chi connectivity index (χ1n) is 10.1. The van der Waals surface area contributed by atoms with E-state index in [0.29, 0.717) is 17.9 Å². The van der Waals surface area contributed by atoms with Crippen LogP contribution in [0.2, 0.25) is 0 Å². The molecular formula is C22H27N4O4+. The fourth-order valence-electron chi connectivity index (χ4n) is 4.22. The largest absolute Gasteiger partial charge is 0.444 e. The Balaban J connectivity index is 1.50. The van der Waals surface area contributed by atoms with Crippen LogP contribution in [0.5, 0.6) is 0 Å². The Morgan fingerprint density at radius 2 is 1.87 bits per heavy atom. The van der Waals surface area contributed by atoms with Gasteiger partial charge in [0.1, 0.15) is 12.3 Å². The lowest BCUT2D eigenvalue weighted by Gasteiger charge is -2.40. The minimum absolute atomic E-state index is 0.0614. The number of cyclic esters (lactones) is 1. The SMILES string of the molecule is CN(C)C(=O)c1ccc(N2CCC(N3C(=O)OCc4ccccc43)CC2)c([NH2+]O)c1. The monoisotopic (exact) mass is 411 g/mol. The van der Waals surface area contributed by atoms with Crippen molar-refractivity contribution in [3.05, 3.63) is 53.6 Å². The van der Waals surface area contributed by atoms with Gasteiger partial charge >= 0.3 is 6.09 Å². The number of carbonyl (C=O) groups is 2. The second kappa shape index (κ2) is 8.33. The van der Waals surface area contributed by atoms with Gasteiger partial charge in [-0.2, -0.15) is 5.48 Å². The number of carbonyl (C=O) groups excluding carboxylic acids is 2. The maximum absolute atomic E-state index is 12.5. The second-order valence-electron chi connectivity index (χ2n) is 7.87. The molecule has 30 heavy (non-hydrogen) atoms. The van der Waals surface area contributed by atoms with Crippen LogP contribution in [0, 0.1) is 0 Å². The Morgan fingerprint density at radius 3 is 2.57 bits per heavy atom. The summed E-state index contributed by atoms with van der Waals surface area (Å²) in [5.41, 5.74) is 5.04. The molecule has 2 amide bonds. The van der Waals surface area contributed by atoms with Gasteiger partial charge in [0, 0.05) is 50.4 Å². The van der Waals surface area contributed by atoms with Crippen molar-refractivity contribution in [2.75, 3.05) is 37.0 Å². The van der Waals surface area contributed by atoms with Gasteiger partial charge in [-0.1, -0.05) is 18.2 Å². The molecule has 0 aromatic heterocycles. The third-order valence-electron chi connectivity index (χ3n) is 5.79. The van der Waals surface area contributed by atoms with E-state index in [1.165, 1.54) is 4.90 Å². The minimum atomic E-state index is -0.289. The van der Waals surface area contributed by atoms with Crippen LogP contribution in [0.25, 0.3) is 0 Å². The smallest absolute Gasteiger partial charge is 0.414 e. The molecular weight excluding hydrogens is 384 g/mol. The van der Waals surface area contributed by atoms with Crippen molar-refractivity contribution in [1.82, 2.24) is 4.90 Å². The van der Waals surface area contributed by atoms with Crippen LogP contribution in [0.4, 0.5) is 21.9 Å². The lowest BCUT2D eigenvalue weighted by Crippen LogP contribution is -2.74. The fourth-order valence-corrected chi connectivity index (χ4v) is 4.22. The number of para-hydroxylation sites is 1. The number of rotatable bonds is 4. The Bertz CT molecular complexity index is 954. The van der Waals surface area contributed by atoms with Crippen LogP contribution < -0.4 is 15.3 Å². The van der Waals surface area contributed by atoms with Crippen LogP contribution in [0.15, 0.2) is 42.5 Å². The van der Waals surface area contributed by atoms with Gasteiger partial charge in [0.05, 0.1) is 5.69 Å². The number of anilines is 2. The normalized spacial score (nSPS) is 16.8. The first kappa shape index (κ1) is 20.2. The fraction of sp³-hybridized carbons (Fsp3) is 0.364. The number of hydrogen-bond acceptors (Lipinski definition) is 5. The van der Waals surface area contributed by atoms with Gasteiger partial charge in [0.15, 0.2) is 5.69 Å². The summed E-state index contributed by atoms with van der Waals surface area (Å²) in [7, 11) is 3.40. The zero-order chi connectivity index (χ0) is 21.3. The van der Waals surface area contributed by atoms with Crippen LogP contribution in [-0.4, -0.2) is 55.3 Å². The molecule has 3 N–H and O–H groups in total. The van der Waals surface area contributed by atoms with Gasteiger partial charge in [-0.15, -0.1) is 0 Å². The summed E-state index contributed by atoms with van der Waals surface area (Å²) < 4.78 is 5.37. The maximum Gasteiger partial charge on any atom is 0.414 e. The number of nitrogens with zero attached hydrogens (tertiary/aromatic N) is 3. The molecule has 0 radical (unpaired) electrons. The Hall–Kier alpha value is -3.10. The van der Waals surface area contributed by atoms with E-state index in [-0.39, 0.29) is 18.0 Å². The highest BCUT2D eigenvalue weighted by Crippen LogP contribution is 2.33. The number of piperidine rings is 1. The quantitative estimate of drug-likeness (QED) is 0.594. The van der Waals surface area contributed by atoms with Crippen LogP contribution in [-0.2, 0) is 11.3 Å². The molecule has 4 rings (SSSR count). The maximum atomic E-state index is 12.5. The van der Waals surface area contributed by atoms with Crippen molar-refractivity contribution in [2.24, 2.45) is 0 Å². The van der Waals surface area contributed by atoms with Gasteiger partial charge in [0.2, 0.25) is 0 Å². The van der Waals surface area contributed by atoms with Crippen molar-refractivity contribution in [3.8, 4) is 0 Å². The highest BCUT2D eigenvalue weighted by atomic mass is 16.6. The summed E-state index contributed by atoms with van der Waals surface area (Å²) in [5, 5.41) is 9.75. The molecule has 2 aliphatic rings. The average Bonchev–Trinajstić information content (AvgIpc) is 2.78. The lowest BCUT2D eigenvalue weighted by atomic mass is 9.99. The summed E-state index contributed by atoms with van der Waals surface area (Å²) in [5.74, 6) is -0.106. The number of fused-ring (bicyclic) bond motifs is 1. The van der Waals surface area contributed by atoms with Crippen molar-refractivity contribution >= 4 is 29.1 Å². The number of nitrogens with two attached hydrogens (primary N) is 1. The summed E-state index contributed by atoms with van der Waals surface area (Å²) in [6.07, 6.45) is 1.28. The molecule has 2 heterocycles. The van der Waals surface area contributed by atoms with Crippen molar-refractivity contribution in [1.29, 1.82) is 0 Å². The Morgan fingerprint density at radius 1 is 1.13 bits per heavy atom. The van der Waals surface area contributed by atoms with E-state index in [9.17, 15) is 14.8 Å². The number of hydrogen-bond donors (Lipinski definition) is 2. The number of quaternary nitrogens is 1. The third-order valence-corrected chi connectivity index (χ3v) is 5.79. The summed E-state index contributed by atoms with van der Waals surface area (Å²) in [6.45, 7) is 1.79. The van der Waals surface area contributed by atoms with E-state index in [0.717, 1.165) is 48.3 Å². The second-order valence-corrected chi connectivity index (χ2v) is 7.87. The molecule has 0 unspecified atom stereocenters. The molecule has 0 atom stereocenters. The number of amides is 2. The Labute approximate surface area is 175 Å². The van der Waals surface area contributed by atoms with E-state index in [1.807, 2.05) is 30.3 Å². The molecule has 1 fully saturated rings. The number of ether oxygens (including phenoxy) is 1. The molecule has 2 aromatic carbocycles. The van der Waals surface area contributed by atoms with E-state index in [4.69, 9.17) is 4.74 Å². The van der Waals surface area contributed by atoms with Crippen molar-refractivity contribution in [2.45, 2.75) is 25.5 Å². The summed E-state index contributed by atoms with van der Waals surface area (Å²) in [6, 6.07) is 13.3. The van der Waals surface area contributed by atoms with Crippen LogP contribution in [0.3, 0.4) is 0 Å². The molecule has 8 heteroatoms. The summed E-state index contributed by atoms with van der Waals surface area (Å²) >= 11 is 0. The molecule has 2 aliphatic heterocycles. The molecule has 158 valence electrons. The standard InChI is InChI=1S/C22H26N4O4/c1-24(2)21(27)15-7-8-20(18(13-15)23-29)25-11-9-17(10-12-25)26-19-6-4-3-5-16(19)14-30-22(26)28/h3-8,13,17,23,29H,9-12,14H2,1-2H3/p+1. The van der Waals surface area contributed by atoms with E-state index >= 15 is 0 Å². The van der Waals surface area contributed by atoms with Crippen LogP contribution in [0.1, 0.15) is 28.8 Å². The van der Waals surface area contributed by atoms with Crippen molar-refractivity contribution in [3.63, 3.8) is 0 Å². The summed E-state index contributed by atoms with van der Waals surface area (Å²) in [4.78, 5) is 30.2. The van der Waals surface area contributed by atoms with Gasteiger partial charge in [-0.25, -0.2) is 10.0 Å². The Kier molecular flexibility index (Phi) is 5.61. The highest BCUT2D eigenvalue weighted by molar-refractivity contribution is 5.95. The molecule has 0 bridgehead atoms. The predicted octanol–water partition coefficient (Wildman–Crippen LogP) is 2.10. The molecule has 8 nitrogen and oxygen atoms in total. The van der Waals surface area contributed by atoms with Crippen molar-refractivity contribution < 1.29 is 25.0 Å². The van der Waals surface area contributed by atoms with E-state index in [1.54, 1.807) is 31.1 Å². The first-order valence-corrected chi connectivity index (χ1v) is 10.1. The topological polar surface area (TPSA) is 89.9 Å².